The van der Waals surface area contributed by atoms with Crippen molar-refractivity contribution in [2.45, 2.75) is 65.1 Å². The van der Waals surface area contributed by atoms with Crippen molar-refractivity contribution in [2.24, 2.45) is 11.1 Å². The molecule has 1 aromatic carbocycles. The third-order valence-corrected chi connectivity index (χ3v) is 6.98. The summed E-state index contributed by atoms with van der Waals surface area (Å²) in [4.78, 5) is 31.8. The van der Waals surface area contributed by atoms with Crippen LogP contribution < -0.4 is 16.4 Å². The van der Waals surface area contributed by atoms with Gasteiger partial charge in [0, 0.05) is 5.56 Å². The zero-order chi connectivity index (χ0) is 23.0. The fourth-order valence-corrected chi connectivity index (χ4v) is 4.68. The first kappa shape index (κ1) is 23.4. The van der Waals surface area contributed by atoms with Crippen LogP contribution in [0.3, 0.4) is 0 Å². The van der Waals surface area contributed by atoms with Crippen molar-refractivity contribution in [1.29, 1.82) is 0 Å². The van der Waals surface area contributed by atoms with E-state index in [2.05, 4.69) is 15.6 Å². The summed E-state index contributed by atoms with van der Waals surface area (Å²) < 4.78 is 0. The summed E-state index contributed by atoms with van der Waals surface area (Å²) in [6.45, 7) is 9.93. The maximum absolute atomic E-state index is 13.6. The van der Waals surface area contributed by atoms with E-state index in [1.165, 1.54) is 11.3 Å². The number of Topliss-reactive ketones (excluding diaryl/α,β-unsaturated/α-hetero) is 1. The second-order valence-electron chi connectivity index (χ2n) is 9.47. The van der Waals surface area contributed by atoms with Crippen molar-refractivity contribution < 1.29 is 14.7 Å². The average Bonchev–Trinajstić information content (AvgIpc) is 3.37. The number of nitrogens with one attached hydrogen (secondary N) is 2. The Morgan fingerprint density at radius 1 is 1.32 bits per heavy atom. The van der Waals surface area contributed by atoms with E-state index in [-0.39, 0.29) is 23.5 Å². The summed E-state index contributed by atoms with van der Waals surface area (Å²) in [6, 6.07) is 3.95. The predicted octanol–water partition coefficient (Wildman–Crippen LogP) is 2.85. The molecule has 3 rings (SSSR count). The van der Waals surface area contributed by atoms with Gasteiger partial charge in [0.25, 0.3) is 0 Å². The van der Waals surface area contributed by atoms with Crippen molar-refractivity contribution >= 4 is 23.0 Å². The standard InChI is InChI=1S/C23H32N4O3S/c1-13-18(31-12-26-13)14-8-9-15(17(28)11-14)23(5,20(29)19(24)22(2,3)4)27-21(30)16-7-6-10-25-16/h8-9,11-12,16,19,25,28H,6-7,10,24H2,1-5H3,(H,27,30)/t16?,19?,23-/m0/s1. The number of hydrogen-bond acceptors (Lipinski definition) is 7. The van der Waals surface area contributed by atoms with Gasteiger partial charge in [-0.1, -0.05) is 32.9 Å². The minimum absolute atomic E-state index is 0.0676. The van der Waals surface area contributed by atoms with Crippen LogP contribution in [0.15, 0.2) is 23.7 Å². The van der Waals surface area contributed by atoms with Gasteiger partial charge >= 0.3 is 0 Å². The van der Waals surface area contributed by atoms with Crippen LogP contribution >= 0.6 is 11.3 Å². The number of thiazole rings is 1. The minimum Gasteiger partial charge on any atom is -0.508 e. The first-order chi connectivity index (χ1) is 14.4. The second kappa shape index (κ2) is 8.68. The smallest absolute Gasteiger partial charge is 0.238 e. The number of aromatic nitrogens is 1. The summed E-state index contributed by atoms with van der Waals surface area (Å²) in [5.41, 5.74) is 8.09. The number of carbonyl (C=O) groups excluding carboxylic acids is 2. The van der Waals surface area contributed by atoms with E-state index in [1.54, 1.807) is 24.6 Å². The van der Waals surface area contributed by atoms with Gasteiger partial charge in [-0.15, -0.1) is 11.3 Å². The van der Waals surface area contributed by atoms with Crippen LogP contribution in [0.4, 0.5) is 0 Å². The Morgan fingerprint density at radius 3 is 2.55 bits per heavy atom. The van der Waals surface area contributed by atoms with Gasteiger partial charge in [-0.2, -0.15) is 0 Å². The number of benzene rings is 1. The highest BCUT2D eigenvalue weighted by atomic mass is 32.1. The molecule has 5 N–H and O–H groups in total. The molecule has 1 saturated heterocycles. The monoisotopic (exact) mass is 444 g/mol. The highest BCUT2D eigenvalue weighted by Crippen LogP contribution is 2.38. The van der Waals surface area contributed by atoms with Crippen LogP contribution in [-0.4, -0.2) is 40.4 Å². The number of aromatic hydroxyl groups is 1. The molecule has 168 valence electrons. The fourth-order valence-electron chi connectivity index (χ4n) is 3.88. The van der Waals surface area contributed by atoms with Crippen molar-refractivity contribution in [3.8, 4) is 16.2 Å². The Bertz CT molecular complexity index is 975. The third kappa shape index (κ3) is 4.66. The SMILES string of the molecule is Cc1ncsc1-c1ccc([C@](C)(NC(=O)C2CCCN2)C(=O)C(N)C(C)(C)C)c(O)c1. The lowest BCUT2D eigenvalue weighted by Gasteiger charge is -2.37. The number of phenols is 1. The molecule has 1 aliphatic heterocycles. The molecule has 3 atom stereocenters. The molecule has 0 saturated carbocycles. The summed E-state index contributed by atoms with van der Waals surface area (Å²) in [5, 5.41) is 17.0. The molecule has 31 heavy (non-hydrogen) atoms. The Hall–Kier alpha value is -2.29. The molecule has 2 unspecified atom stereocenters. The number of amides is 1. The number of nitrogens with two attached hydrogens (primary N) is 1. The molecule has 1 aromatic heterocycles. The van der Waals surface area contributed by atoms with Gasteiger partial charge in [0.15, 0.2) is 5.78 Å². The van der Waals surface area contributed by atoms with Crippen LogP contribution in [0.5, 0.6) is 5.75 Å². The van der Waals surface area contributed by atoms with E-state index < -0.39 is 17.0 Å². The molecule has 8 heteroatoms. The molecular formula is C23H32N4O3S. The van der Waals surface area contributed by atoms with Crippen molar-refractivity contribution in [2.75, 3.05) is 6.54 Å². The molecule has 0 spiro atoms. The molecule has 1 fully saturated rings. The lowest BCUT2D eigenvalue weighted by molar-refractivity contribution is -0.135. The van der Waals surface area contributed by atoms with Crippen LogP contribution in [0.2, 0.25) is 0 Å². The van der Waals surface area contributed by atoms with Crippen LogP contribution in [0.1, 0.15) is 51.8 Å². The van der Waals surface area contributed by atoms with E-state index in [0.717, 1.165) is 29.1 Å². The highest BCUT2D eigenvalue weighted by Gasteiger charge is 2.45. The number of phenolic OH excluding ortho intramolecular Hbond substituents is 1. The Balaban J connectivity index is 2.04. The van der Waals surface area contributed by atoms with Crippen LogP contribution in [0, 0.1) is 12.3 Å². The number of ketones is 1. The van der Waals surface area contributed by atoms with Gasteiger partial charge in [-0.25, -0.2) is 4.98 Å². The summed E-state index contributed by atoms with van der Waals surface area (Å²) in [6.07, 6.45) is 1.61. The lowest BCUT2D eigenvalue weighted by Crippen LogP contribution is -2.60. The first-order valence-electron chi connectivity index (χ1n) is 10.5. The second-order valence-corrected chi connectivity index (χ2v) is 10.3. The maximum Gasteiger partial charge on any atom is 0.238 e. The first-order valence-corrected chi connectivity index (χ1v) is 11.4. The normalized spacial score (nSPS) is 19.6. The van der Waals surface area contributed by atoms with Gasteiger partial charge in [-0.05, 0) is 50.3 Å². The van der Waals surface area contributed by atoms with E-state index in [1.807, 2.05) is 33.8 Å². The van der Waals surface area contributed by atoms with Crippen molar-refractivity contribution in [1.82, 2.24) is 15.6 Å². The topological polar surface area (TPSA) is 117 Å². The Labute approximate surface area is 187 Å². The average molecular weight is 445 g/mol. The summed E-state index contributed by atoms with van der Waals surface area (Å²) >= 11 is 1.48. The largest absolute Gasteiger partial charge is 0.508 e. The molecule has 0 aliphatic carbocycles. The summed E-state index contributed by atoms with van der Waals surface area (Å²) in [5.74, 6) is -0.679. The quantitative estimate of drug-likeness (QED) is 0.544. The molecular weight excluding hydrogens is 412 g/mol. The Morgan fingerprint density at radius 2 is 2.03 bits per heavy atom. The number of rotatable bonds is 6. The summed E-state index contributed by atoms with van der Waals surface area (Å²) in [7, 11) is 0. The number of carbonyl (C=O) groups is 2. The zero-order valence-electron chi connectivity index (χ0n) is 18.8. The van der Waals surface area contributed by atoms with E-state index in [4.69, 9.17) is 5.73 Å². The molecule has 1 aliphatic rings. The zero-order valence-corrected chi connectivity index (χ0v) is 19.6. The fraction of sp³-hybridized carbons (Fsp3) is 0.522. The van der Waals surface area contributed by atoms with Crippen LogP contribution in [0.25, 0.3) is 10.4 Å². The minimum atomic E-state index is -1.47. The molecule has 0 bridgehead atoms. The van der Waals surface area contributed by atoms with Gasteiger partial charge in [0.05, 0.1) is 28.2 Å². The van der Waals surface area contributed by atoms with E-state index >= 15 is 0 Å². The Kier molecular flexibility index (Phi) is 6.55. The predicted molar refractivity (Wildman–Crippen MR) is 123 cm³/mol. The molecule has 2 heterocycles. The lowest BCUT2D eigenvalue weighted by atomic mass is 9.75. The van der Waals surface area contributed by atoms with Crippen molar-refractivity contribution in [3.63, 3.8) is 0 Å². The maximum atomic E-state index is 13.6. The van der Waals surface area contributed by atoms with E-state index in [0.29, 0.717) is 12.0 Å². The number of nitrogens with zero attached hydrogens (tertiary/aromatic N) is 1. The van der Waals surface area contributed by atoms with Crippen molar-refractivity contribution in [3.05, 3.63) is 35.0 Å². The molecule has 0 radical (unpaired) electrons. The van der Waals surface area contributed by atoms with Gasteiger partial charge in [0.2, 0.25) is 5.91 Å². The molecule has 1 amide bonds. The van der Waals surface area contributed by atoms with E-state index in [9.17, 15) is 14.7 Å². The van der Waals surface area contributed by atoms with Crippen LogP contribution in [-0.2, 0) is 15.1 Å². The number of aryl methyl sites for hydroxylation is 1. The third-order valence-electron chi connectivity index (χ3n) is 6.00. The van der Waals surface area contributed by atoms with Gasteiger partial charge < -0.3 is 21.5 Å². The van der Waals surface area contributed by atoms with Gasteiger partial charge in [0.1, 0.15) is 11.3 Å². The number of hydrogen-bond donors (Lipinski definition) is 4. The molecule has 7 nitrogen and oxygen atoms in total. The highest BCUT2D eigenvalue weighted by molar-refractivity contribution is 7.13. The molecule has 2 aromatic rings. The van der Waals surface area contributed by atoms with Gasteiger partial charge in [-0.3, -0.25) is 9.59 Å².